The van der Waals surface area contributed by atoms with E-state index >= 15 is 0 Å². The van der Waals surface area contributed by atoms with Gasteiger partial charge in [-0.3, -0.25) is 4.79 Å². The van der Waals surface area contributed by atoms with Gasteiger partial charge in [0.25, 0.3) is 5.24 Å². The van der Waals surface area contributed by atoms with Gasteiger partial charge in [-0.2, -0.15) is 13.2 Å². The summed E-state index contributed by atoms with van der Waals surface area (Å²) >= 11 is 5.21. The van der Waals surface area contributed by atoms with Crippen molar-refractivity contribution in [2.24, 2.45) is 0 Å². The third-order valence-electron chi connectivity index (χ3n) is 2.91. The standard InChI is InChI=1S/C15H7ClF6O2/c16-13(23)9-5-8(6-10(7-9)14(17,18)19)11-3-1-2-4-12(11)24-15(20,21)22/h1-7H. The summed E-state index contributed by atoms with van der Waals surface area (Å²) in [7, 11) is 0. The van der Waals surface area contributed by atoms with Crippen LogP contribution in [0.1, 0.15) is 15.9 Å². The number of hydrogen-bond donors (Lipinski definition) is 0. The molecule has 0 aliphatic carbocycles. The van der Waals surface area contributed by atoms with Gasteiger partial charge in [0.05, 0.1) is 5.56 Å². The van der Waals surface area contributed by atoms with Crippen molar-refractivity contribution in [1.82, 2.24) is 0 Å². The molecule has 0 saturated heterocycles. The Hall–Kier alpha value is -2.22. The van der Waals surface area contributed by atoms with Gasteiger partial charge in [0, 0.05) is 11.1 Å². The Balaban J connectivity index is 2.65. The Labute approximate surface area is 136 Å². The smallest absolute Gasteiger partial charge is 0.405 e. The van der Waals surface area contributed by atoms with Gasteiger partial charge in [0.2, 0.25) is 0 Å². The molecule has 2 nitrogen and oxygen atoms in total. The van der Waals surface area contributed by atoms with E-state index in [1.54, 1.807) is 0 Å². The van der Waals surface area contributed by atoms with Crippen LogP contribution in [-0.2, 0) is 6.18 Å². The Morgan fingerprint density at radius 3 is 2.12 bits per heavy atom. The van der Waals surface area contributed by atoms with E-state index in [2.05, 4.69) is 4.74 Å². The van der Waals surface area contributed by atoms with Crippen molar-refractivity contribution in [2.75, 3.05) is 0 Å². The molecule has 0 amide bonds. The molecule has 0 spiro atoms. The molecule has 0 N–H and O–H groups in total. The highest BCUT2D eigenvalue weighted by Gasteiger charge is 2.34. The predicted octanol–water partition coefficient (Wildman–Crippen LogP) is 5.65. The highest BCUT2D eigenvalue weighted by Crippen LogP contribution is 2.38. The summed E-state index contributed by atoms with van der Waals surface area (Å²) < 4.78 is 79.9. The van der Waals surface area contributed by atoms with Crippen molar-refractivity contribution >= 4 is 16.8 Å². The molecule has 0 aliphatic rings. The quantitative estimate of drug-likeness (QED) is 0.517. The molecular weight excluding hydrogens is 362 g/mol. The van der Waals surface area contributed by atoms with Crippen LogP contribution in [0.15, 0.2) is 42.5 Å². The zero-order valence-electron chi connectivity index (χ0n) is 11.5. The lowest BCUT2D eigenvalue weighted by molar-refractivity contribution is -0.274. The first-order chi connectivity index (χ1) is 11.0. The molecule has 9 heteroatoms. The Bertz CT molecular complexity index is 767. The third-order valence-corrected chi connectivity index (χ3v) is 3.13. The second-order valence-electron chi connectivity index (χ2n) is 4.61. The van der Waals surface area contributed by atoms with Gasteiger partial charge in [-0.1, -0.05) is 18.2 Å². The van der Waals surface area contributed by atoms with E-state index < -0.39 is 34.7 Å². The highest BCUT2D eigenvalue weighted by atomic mass is 35.5. The van der Waals surface area contributed by atoms with Crippen LogP contribution in [0.25, 0.3) is 11.1 Å². The minimum atomic E-state index is -5.02. The molecule has 0 fully saturated rings. The van der Waals surface area contributed by atoms with Crippen molar-refractivity contribution in [3.8, 4) is 16.9 Å². The van der Waals surface area contributed by atoms with Crippen molar-refractivity contribution in [1.29, 1.82) is 0 Å². The first kappa shape index (κ1) is 18.1. The molecule has 0 heterocycles. The van der Waals surface area contributed by atoms with Crippen LogP contribution in [0, 0.1) is 0 Å². The normalized spacial score (nSPS) is 12.1. The number of halogens is 7. The molecule has 0 atom stereocenters. The maximum absolute atomic E-state index is 12.9. The number of alkyl halides is 6. The second-order valence-corrected chi connectivity index (χ2v) is 4.96. The van der Waals surface area contributed by atoms with Crippen LogP contribution < -0.4 is 4.74 Å². The van der Waals surface area contributed by atoms with E-state index in [0.717, 1.165) is 18.2 Å². The third kappa shape index (κ3) is 4.41. The molecule has 2 aromatic carbocycles. The monoisotopic (exact) mass is 368 g/mol. The van der Waals surface area contributed by atoms with Gasteiger partial charge in [-0.15, -0.1) is 13.2 Å². The van der Waals surface area contributed by atoms with Crippen molar-refractivity contribution in [3.63, 3.8) is 0 Å². The fourth-order valence-corrected chi connectivity index (χ4v) is 2.09. The number of rotatable bonds is 3. The van der Waals surface area contributed by atoms with Crippen LogP contribution in [-0.4, -0.2) is 11.6 Å². The largest absolute Gasteiger partial charge is 0.573 e. The maximum atomic E-state index is 12.9. The molecule has 0 aromatic heterocycles. The van der Waals surface area contributed by atoms with E-state index in [0.29, 0.717) is 12.1 Å². The lowest BCUT2D eigenvalue weighted by Gasteiger charge is -2.15. The van der Waals surface area contributed by atoms with Gasteiger partial charge < -0.3 is 4.74 Å². The molecular formula is C15H7ClF6O2. The number of ether oxygens (including phenoxy) is 1. The predicted molar refractivity (Wildman–Crippen MR) is 73.7 cm³/mol. The summed E-state index contributed by atoms with van der Waals surface area (Å²) in [5.74, 6) is -0.697. The number of hydrogen-bond acceptors (Lipinski definition) is 2. The zero-order valence-corrected chi connectivity index (χ0v) is 12.3. The molecule has 0 saturated carbocycles. The second kappa shape index (κ2) is 6.35. The van der Waals surface area contributed by atoms with Gasteiger partial charge in [0.15, 0.2) is 0 Å². The number of para-hydroxylation sites is 1. The Morgan fingerprint density at radius 2 is 1.58 bits per heavy atom. The number of carbonyl (C=O) groups excluding carboxylic acids is 1. The average molecular weight is 369 g/mol. The van der Waals surface area contributed by atoms with E-state index in [4.69, 9.17) is 11.6 Å². The molecule has 0 unspecified atom stereocenters. The van der Waals surface area contributed by atoms with Gasteiger partial charge in [0.1, 0.15) is 5.75 Å². The first-order valence-electron chi connectivity index (χ1n) is 6.24. The first-order valence-corrected chi connectivity index (χ1v) is 6.62. The van der Waals surface area contributed by atoms with Crippen molar-refractivity contribution in [2.45, 2.75) is 12.5 Å². The van der Waals surface area contributed by atoms with E-state index in [-0.39, 0.29) is 11.1 Å². The summed E-state index contributed by atoms with van der Waals surface area (Å²) in [5.41, 5.74) is -2.26. The van der Waals surface area contributed by atoms with Crippen molar-refractivity contribution in [3.05, 3.63) is 53.6 Å². The SMILES string of the molecule is O=C(Cl)c1cc(-c2ccccc2OC(F)(F)F)cc(C(F)(F)F)c1. The van der Waals surface area contributed by atoms with E-state index in [1.807, 2.05) is 0 Å². The fraction of sp³-hybridized carbons (Fsp3) is 0.133. The Morgan fingerprint density at radius 1 is 0.958 bits per heavy atom. The highest BCUT2D eigenvalue weighted by molar-refractivity contribution is 6.67. The molecule has 0 bridgehead atoms. The van der Waals surface area contributed by atoms with Crippen LogP contribution in [0.2, 0.25) is 0 Å². The zero-order chi connectivity index (χ0) is 18.1. The minimum Gasteiger partial charge on any atom is -0.405 e. The van der Waals surface area contributed by atoms with Crippen LogP contribution in [0.5, 0.6) is 5.75 Å². The maximum Gasteiger partial charge on any atom is 0.573 e. The lowest BCUT2D eigenvalue weighted by atomic mass is 9.99. The molecule has 0 radical (unpaired) electrons. The molecule has 0 aliphatic heterocycles. The van der Waals surface area contributed by atoms with Gasteiger partial charge >= 0.3 is 12.5 Å². The molecule has 2 rings (SSSR count). The molecule has 2 aromatic rings. The van der Waals surface area contributed by atoms with Crippen LogP contribution in [0.3, 0.4) is 0 Å². The van der Waals surface area contributed by atoms with Gasteiger partial charge in [-0.25, -0.2) is 0 Å². The van der Waals surface area contributed by atoms with Gasteiger partial charge in [-0.05, 0) is 41.4 Å². The summed E-state index contributed by atoms with van der Waals surface area (Å²) in [6.07, 6.45) is -9.83. The fourth-order valence-electron chi connectivity index (χ4n) is 1.98. The van der Waals surface area contributed by atoms with Crippen molar-refractivity contribution < 1.29 is 35.9 Å². The van der Waals surface area contributed by atoms with Crippen LogP contribution >= 0.6 is 11.6 Å². The number of benzene rings is 2. The topological polar surface area (TPSA) is 26.3 Å². The number of carbonyl (C=O) groups is 1. The lowest BCUT2D eigenvalue weighted by Crippen LogP contribution is -2.17. The summed E-state index contributed by atoms with van der Waals surface area (Å²) in [6, 6.07) is 6.73. The van der Waals surface area contributed by atoms with E-state index in [1.165, 1.54) is 12.1 Å². The molecule has 128 valence electrons. The minimum absolute atomic E-state index is 0.264. The van der Waals surface area contributed by atoms with E-state index in [9.17, 15) is 31.1 Å². The molecule has 24 heavy (non-hydrogen) atoms. The summed E-state index contributed by atoms with van der Waals surface area (Å²) in [5, 5.41) is -1.17. The average Bonchev–Trinajstić information content (AvgIpc) is 2.44. The summed E-state index contributed by atoms with van der Waals surface area (Å²) in [4.78, 5) is 11.2. The Kier molecular flexibility index (Phi) is 4.80. The summed E-state index contributed by atoms with van der Waals surface area (Å²) in [6.45, 7) is 0. The van der Waals surface area contributed by atoms with Crippen LogP contribution in [0.4, 0.5) is 26.3 Å².